The van der Waals surface area contributed by atoms with Gasteiger partial charge in [-0.1, -0.05) is 46.1 Å². The molecule has 44 heavy (non-hydrogen) atoms. The maximum atomic E-state index is 14.0. The van der Waals surface area contributed by atoms with Gasteiger partial charge in [0, 0.05) is 42.7 Å². The minimum absolute atomic E-state index is 0.0545. The molecule has 0 spiro atoms. The van der Waals surface area contributed by atoms with Crippen LogP contribution in [0.2, 0.25) is 0 Å². The molecule has 0 aliphatic heterocycles. The van der Waals surface area contributed by atoms with Crippen LogP contribution in [0.25, 0.3) is 0 Å². The highest BCUT2D eigenvalue weighted by Crippen LogP contribution is 2.24. The van der Waals surface area contributed by atoms with Gasteiger partial charge < -0.3 is 20.6 Å². The van der Waals surface area contributed by atoms with E-state index in [2.05, 4.69) is 10.6 Å². The lowest BCUT2D eigenvalue weighted by molar-refractivity contribution is -0.126. The average Bonchev–Trinajstić information content (AvgIpc) is 3.01. The Morgan fingerprint density at radius 3 is 2.18 bits per heavy atom. The Balaban J connectivity index is 1.77. The molecule has 9 heteroatoms. The summed E-state index contributed by atoms with van der Waals surface area (Å²) < 4.78 is 28.1. The summed E-state index contributed by atoms with van der Waals surface area (Å²) in [5.41, 5.74) is 0.869. The monoisotopic (exact) mass is 613 g/mol. The van der Waals surface area contributed by atoms with Gasteiger partial charge in [-0.25, -0.2) is 8.78 Å². The second kappa shape index (κ2) is 17.8. The third-order valence-electron chi connectivity index (χ3n) is 8.48. The van der Waals surface area contributed by atoms with Crippen molar-refractivity contribution in [1.82, 2.24) is 15.5 Å². The third kappa shape index (κ3) is 10.7. The van der Waals surface area contributed by atoms with Gasteiger partial charge in [-0.05, 0) is 86.8 Å². The first-order chi connectivity index (χ1) is 21.1. The molecule has 1 aliphatic carbocycles. The van der Waals surface area contributed by atoms with Gasteiger partial charge in [-0.2, -0.15) is 0 Å². The molecule has 3 N–H and O–H groups in total. The summed E-state index contributed by atoms with van der Waals surface area (Å²) in [5.74, 6) is -2.40. The van der Waals surface area contributed by atoms with Gasteiger partial charge in [-0.15, -0.1) is 0 Å². The first-order valence-corrected chi connectivity index (χ1v) is 16.3. The first-order valence-electron chi connectivity index (χ1n) is 16.3. The van der Waals surface area contributed by atoms with Crippen molar-refractivity contribution in [2.75, 3.05) is 19.6 Å². The zero-order chi connectivity index (χ0) is 32.1. The maximum Gasteiger partial charge on any atom is 0.253 e. The molecule has 0 heterocycles. The molecule has 2 aromatic carbocycles. The lowest BCUT2D eigenvalue weighted by Crippen LogP contribution is -2.47. The first kappa shape index (κ1) is 35.2. The molecule has 1 fully saturated rings. The Morgan fingerprint density at radius 1 is 0.932 bits per heavy atom. The van der Waals surface area contributed by atoms with Crippen LogP contribution in [0.15, 0.2) is 42.5 Å². The average molecular weight is 614 g/mol. The summed E-state index contributed by atoms with van der Waals surface area (Å²) in [6, 6.07) is 8.55. The Morgan fingerprint density at radius 2 is 1.57 bits per heavy atom. The molecule has 0 radical (unpaired) electrons. The fraction of sp³-hybridized carbons (Fsp3) is 0.571. The summed E-state index contributed by atoms with van der Waals surface area (Å²) >= 11 is 0. The van der Waals surface area contributed by atoms with Crippen molar-refractivity contribution in [1.29, 1.82) is 0 Å². The van der Waals surface area contributed by atoms with Crippen LogP contribution in [0.4, 0.5) is 8.78 Å². The third-order valence-corrected chi connectivity index (χ3v) is 8.48. The summed E-state index contributed by atoms with van der Waals surface area (Å²) in [5, 5.41) is 17.2. The molecule has 0 saturated heterocycles. The molecule has 3 amide bonds. The number of amides is 3. The molecule has 2 aromatic rings. The molecule has 242 valence electrons. The Labute approximate surface area is 260 Å². The van der Waals surface area contributed by atoms with Crippen molar-refractivity contribution in [3.05, 3.63) is 70.8 Å². The van der Waals surface area contributed by atoms with Crippen LogP contribution in [0.3, 0.4) is 0 Å². The predicted octanol–water partition coefficient (Wildman–Crippen LogP) is 6.04. The molecule has 0 aromatic heterocycles. The Hall–Kier alpha value is -3.33. The van der Waals surface area contributed by atoms with E-state index in [-0.39, 0.29) is 35.8 Å². The van der Waals surface area contributed by atoms with Crippen molar-refractivity contribution in [2.45, 2.75) is 97.1 Å². The SMILES string of the molecule is CCCN(CCC)C(=O)c1cccc(C(=O)N[C@@H](Cc2cc(F)cc(F)c2)[C@@H](O)C[C@@H](CC)C(=O)NCC2CCCCC2)c1. The predicted molar refractivity (Wildman–Crippen MR) is 168 cm³/mol. The molecule has 3 atom stereocenters. The zero-order valence-corrected chi connectivity index (χ0v) is 26.4. The van der Waals surface area contributed by atoms with Crippen LogP contribution in [-0.2, 0) is 11.2 Å². The fourth-order valence-electron chi connectivity index (χ4n) is 6.04. The second-order valence-electron chi connectivity index (χ2n) is 12.1. The van der Waals surface area contributed by atoms with E-state index >= 15 is 0 Å². The van der Waals surface area contributed by atoms with Crippen LogP contribution in [0.5, 0.6) is 0 Å². The van der Waals surface area contributed by atoms with Crippen LogP contribution in [0, 0.1) is 23.5 Å². The lowest BCUT2D eigenvalue weighted by atomic mass is 9.88. The summed E-state index contributed by atoms with van der Waals surface area (Å²) in [4.78, 5) is 41.5. The zero-order valence-electron chi connectivity index (χ0n) is 26.4. The minimum Gasteiger partial charge on any atom is -0.391 e. The summed E-state index contributed by atoms with van der Waals surface area (Å²) in [7, 11) is 0. The molecule has 3 rings (SSSR count). The smallest absolute Gasteiger partial charge is 0.253 e. The van der Waals surface area contributed by atoms with Gasteiger partial charge in [0.25, 0.3) is 11.8 Å². The van der Waals surface area contributed by atoms with Gasteiger partial charge in [0.2, 0.25) is 5.91 Å². The van der Waals surface area contributed by atoms with Crippen molar-refractivity contribution < 1.29 is 28.3 Å². The van der Waals surface area contributed by atoms with Crippen molar-refractivity contribution in [3.63, 3.8) is 0 Å². The van der Waals surface area contributed by atoms with E-state index in [1.54, 1.807) is 23.1 Å². The molecule has 0 bridgehead atoms. The minimum atomic E-state index is -1.18. The number of carbonyl (C=O) groups excluding carboxylic acids is 3. The quantitative estimate of drug-likeness (QED) is 0.215. The molecule has 7 nitrogen and oxygen atoms in total. The van der Waals surface area contributed by atoms with E-state index < -0.39 is 35.6 Å². The summed E-state index contributed by atoms with van der Waals surface area (Å²) in [6.45, 7) is 7.69. The molecular formula is C35H49F2N3O4. The number of halogens is 2. The van der Waals surface area contributed by atoms with Crippen LogP contribution in [0.1, 0.15) is 105 Å². The highest BCUT2D eigenvalue weighted by Gasteiger charge is 2.29. The number of aliphatic hydroxyl groups excluding tert-OH is 1. The number of nitrogens with one attached hydrogen (secondary N) is 2. The molecule has 1 saturated carbocycles. The van der Waals surface area contributed by atoms with Gasteiger partial charge >= 0.3 is 0 Å². The topological polar surface area (TPSA) is 98.7 Å². The molecular weight excluding hydrogens is 564 g/mol. The second-order valence-corrected chi connectivity index (χ2v) is 12.1. The van der Waals surface area contributed by atoms with E-state index in [1.165, 1.54) is 37.5 Å². The van der Waals surface area contributed by atoms with Gasteiger partial charge in [0.15, 0.2) is 0 Å². The van der Waals surface area contributed by atoms with Crippen molar-refractivity contribution in [2.24, 2.45) is 11.8 Å². The van der Waals surface area contributed by atoms with Crippen LogP contribution >= 0.6 is 0 Å². The van der Waals surface area contributed by atoms with E-state index in [1.807, 2.05) is 20.8 Å². The van der Waals surface area contributed by atoms with Crippen molar-refractivity contribution in [3.8, 4) is 0 Å². The van der Waals surface area contributed by atoms with Crippen LogP contribution in [-0.4, -0.2) is 59.5 Å². The van der Waals surface area contributed by atoms with Gasteiger partial charge in [0.05, 0.1) is 12.1 Å². The number of carbonyl (C=O) groups is 3. The highest BCUT2D eigenvalue weighted by molar-refractivity contribution is 5.99. The maximum absolute atomic E-state index is 14.0. The number of nitrogens with zero attached hydrogens (tertiary/aromatic N) is 1. The Bertz CT molecular complexity index is 1210. The lowest BCUT2D eigenvalue weighted by Gasteiger charge is -2.28. The van der Waals surface area contributed by atoms with Gasteiger partial charge in [0.1, 0.15) is 11.6 Å². The fourth-order valence-corrected chi connectivity index (χ4v) is 6.04. The molecule has 0 unspecified atom stereocenters. The van der Waals surface area contributed by atoms with E-state index in [9.17, 15) is 28.3 Å². The standard InChI is InChI=1S/C35H49F2N3O4/c1-4-15-40(16-5-2)35(44)28-14-10-13-27(20-28)34(43)39-31(19-25-17-29(36)22-30(37)18-25)32(41)21-26(6-3)33(42)38-23-24-11-8-7-9-12-24/h10,13-14,17-18,20,22,24,26,31-32,41H,4-9,11-12,15-16,19,21,23H2,1-3H3,(H,38,42)(H,39,43)/t26-,31+,32+/m1/s1. The number of rotatable bonds is 16. The van der Waals surface area contributed by atoms with E-state index in [0.717, 1.165) is 31.7 Å². The number of hydrogen-bond donors (Lipinski definition) is 3. The normalized spacial score (nSPS) is 15.7. The molecule has 1 aliphatic rings. The number of hydrogen-bond acceptors (Lipinski definition) is 4. The Kier molecular flexibility index (Phi) is 14.2. The number of benzene rings is 2. The van der Waals surface area contributed by atoms with Crippen molar-refractivity contribution >= 4 is 17.7 Å². The van der Waals surface area contributed by atoms with E-state index in [4.69, 9.17) is 0 Å². The number of aliphatic hydroxyl groups is 1. The summed E-state index contributed by atoms with van der Waals surface area (Å²) in [6.07, 6.45) is 6.71. The highest BCUT2D eigenvalue weighted by atomic mass is 19.1. The largest absolute Gasteiger partial charge is 0.391 e. The van der Waals surface area contributed by atoms with Gasteiger partial charge in [-0.3, -0.25) is 14.4 Å². The van der Waals surface area contributed by atoms with E-state index in [0.29, 0.717) is 37.5 Å². The van der Waals surface area contributed by atoms with Crippen LogP contribution < -0.4 is 10.6 Å².